The number of benzene rings is 1. The number of carbonyl (C=O) groups excluding carboxylic acids is 1. The van der Waals surface area contributed by atoms with E-state index in [0.29, 0.717) is 46.3 Å². The topological polar surface area (TPSA) is 104 Å². The molecule has 43 heavy (non-hydrogen) atoms. The molecule has 12 heteroatoms. The number of nitrogens with zero attached hydrogens (tertiary/aromatic N) is 6. The van der Waals surface area contributed by atoms with Crippen molar-refractivity contribution in [3.63, 3.8) is 0 Å². The molecule has 2 unspecified atom stereocenters. The zero-order chi connectivity index (χ0) is 30.7. The van der Waals surface area contributed by atoms with E-state index >= 15 is 4.39 Å². The van der Waals surface area contributed by atoms with E-state index in [2.05, 4.69) is 21.4 Å². The van der Waals surface area contributed by atoms with Crippen molar-refractivity contribution >= 4 is 46.1 Å². The molecule has 0 bridgehead atoms. The maximum absolute atomic E-state index is 15.3. The average molecular weight is 621 g/mol. The van der Waals surface area contributed by atoms with Crippen LogP contribution in [0.5, 0.6) is 5.75 Å². The van der Waals surface area contributed by atoms with Crippen LogP contribution in [-0.4, -0.2) is 66.4 Å². The SMILES string of the molecule is C=CC(=O)N1CC(C)N2c3nc(=O)n(-c4c(C)ccnc4C(C)C)c4nc(-c5c(O)cccc5F)c(Cl)c(c34)SCC2C1. The average Bonchev–Trinajstić information content (AvgIpc) is 3.13. The van der Waals surface area contributed by atoms with E-state index in [0.717, 1.165) is 5.56 Å². The largest absolute Gasteiger partial charge is 0.507 e. The molecule has 0 spiro atoms. The number of phenolic OH excluding ortho intramolecular Hbond substituents is 1. The number of aromatic hydroxyl groups is 1. The van der Waals surface area contributed by atoms with Gasteiger partial charge in [-0.05, 0) is 49.6 Å². The van der Waals surface area contributed by atoms with Gasteiger partial charge in [0.15, 0.2) is 5.65 Å². The van der Waals surface area contributed by atoms with Crippen LogP contribution in [0.15, 0.2) is 52.8 Å². The van der Waals surface area contributed by atoms with Crippen molar-refractivity contribution in [1.29, 1.82) is 0 Å². The molecule has 1 amide bonds. The Hall–Kier alpha value is -3.96. The third-order valence-electron chi connectivity index (χ3n) is 7.99. The molecular weight excluding hydrogens is 591 g/mol. The molecule has 0 aliphatic carbocycles. The number of piperazine rings is 1. The Bertz CT molecular complexity index is 1860. The van der Waals surface area contributed by atoms with E-state index in [1.54, 1.807) is 11.1 Å². The number of aryl methyl sites for hydroxylation is 1. The van der Waals surface area contributed by atoms with Crippen molar-refractivity contribution in [3.8, 4) is 22.7 Å². The predicted molar refractivity (Wildman–Crippen MR) is 167 cm³/mol. The van der Waals surface area contributed by atoms with Crippen molar-refractivity contribution in [1.82, 2.24) is 24.4 Å². The number of halogens is 2. The third kappa shape index (κ3) is 4.65. The lowest BCUT2D eigenvalue weighted by Crippen LogP contribution is -2.60. The molecule has 3 aromatic heterocycles. The first-order valence-electron chi connectivity index (χ1n) is 14.0. The first kappa shape index (κ1) is 29.1. The highest BCUT2D eigenvalue weighted by Gasteiger charge is 2.40. The number of carbonyl (C=O) groups is 1. The molecule has 1 aromatic carbocycles. The van der Waals surface area contributed by atoms with Gasteiger partial charge in [0.1, 0.15) is 17.4 Å². The minimum Gasteiger partial charge on any atom is -0.507 e. The van der Waals surface area contributed by atoms with Crippen molar-refractivity contribution < 1.29 is 14.3 Å². The summed E-state index contributed by atoms with van der Waals surface area (Å²) in [6, 6.07) is 5.40. The van der Waals surface area contributed by atoms with Gasteiger partial charge in [0.2, 0.25) is 5.91 Å². The molecule has 222 valence electrons. The molecule has 1 N–H and O–H groups in total. The summed E-state index contributed by atoms with van der Waals surface area (Å²) in [6.45, 7) is 12.3. The van der Waals surface area contributed by atoms with Crippen molar-refractivity contribution in [2.24, 2.45) is 0 Å². The highest BCUT2D eigenvalue weighted by Crippen LogP contribution is 2.48. The molecule has 9 nitrogen and oxygen atoms in total. The van der Waals surface area contributed by atoms with Crippen LogP contribution in [-0.2, 0) is 4.79 Å². The fraction of sp³-hybridized carbons (Fsp3) is 0.323. The zero-order valence-electron chi connectivity index (χ0n) is 24.1. The summed E-state index contributed by atoms with van der Waals surface area (Å²) in [5.74, 6) is -0.327. The Morgan fingerprint density at radius 2 is 2.02 bits per heavy atom. The highest BCUT2D eigenvalue weighted by atomic mass is 35.5. The summed E-state index contributed by atoms with van der Waals surface area (Å²) in [4.78, 5) is 45.3. The second-order valence-corrected chi connectivity index (χ2v) is 12.6. The lowest BCUT2D eigenvalue weighted by Gasteiger charge is -2.45. The monoisotopic (exact) mass is 620 g/mol. The van der Waals surface area contributed by atoms with E-state index in [4.69, 9.17) is 16.6 Å². The molecule has 2 aliphatic heterocycles. The maximum atomic E-state index is 15.3. The molecule has 5 heterocycles. The quantitative estimate of drug-likeness (QED) is 0.300. The van der Waals surface area contributed by atoms with Crippen LogP contribution < -0.4 is 10.6 Å². The number of anilines is 1. The van der Waals surface area contributed by atoms with Gasteiger partial charge in [-0.25, -0.2) is 18.7 Å². The second kappa shape index (κ2) is 10.9. The smallest absolute Gasteiger partial charge is 0.355 e. The van der Waals surface area contributed by atoms with Crippen LogP contribution in [0.3, 0.4) is 0 Å². The molecule has 4 aromatic rings. The fourth-order valence-electron chi connectivity index (χ4n) is 6.09. The number of amides is 1. The molecule has 0 saturated carbocycles. The van der Waals surface area contributed by atoms with Gasteiger partial charge in [-0.3, -0.25) is 9.78 Å². The van der Waals surface area contributed by atoms with Crippen LogP contribution in [0.4, 0.5) is 10.2 Å². The van der Waals surface area contributed by atoms with E-state index in [9.17, 15) is 14.7 Å². The van der Waals surface area contributed by atoms with Crippen molar-refractivity contribution in [3.05, 3.63) is 75.7 Å². The number of phenols is 1. The number of hydrogen-bond acceptors (Lipinski definition) is 8. The Balaban J connectivity index is 1.73. The zero-order valence-corrected chi connectivity index (χ0v) is 25.7. The van der Waals surface area contributed by atoms with Gasteiger partial charge in [0.05, 0.1) is 39.1 Å². The molecule has 2 atom stereocenters. The summed E-state index contributed by atoms with van der Waals surface area (Å²) in [6.07, 6.45) is 3.00. The van der Waals surface area contributed by atoms with Gasteiger partial charge >= 0.3 is 5.69 Å². The standard InChI is InChI=1S/C31H30ClFN6O3S/c1-6-21(41)37-12-17(5)38-18(13-37)14-43-28-23-29(35-26(24(28)32)22-19(33)8-7-9-20(22)40)39(31(42)36-30(23)38)27-16(4)10-11-34-25(27)15(2)3/h6-11,15,17-18,40H,1,12-14H2,2-5H3. The molecule has 1 saturated heterocycles. The van der Waals surface area contributed by atoms with Gasteiger partial charge < -0.3 is 14.9 Å². The Morgan fingerprint density at radius 1 is 1.26 bits per heavy atom. The van der Waals surface area contributed by atoms with Crippen LogP contribution in [0.25, 0.3) is 28.0 Å². The molecular formula is C31H30ClFN6O3S. The summed E-state index contributed by atoms with van der Waals surface area (Å²) >= 11 is 8.48. The fourth-order valence-corrected chi connectivity index (χ4v) is 7.66. The summed E-state index contributed by atoms with van der Waals surface area (Å²) < 4.78 is 16.7. The minimum atomic E-state index is -0.701. The van der Waals surface area contributed by atoms with Gasteiger partial charge in [0, 0.05) is 36.0 Å². The minimum absolute atomic E-state index is 0.0154. The Kier molecular flexibility index (Phi) is 7.42. The number of fused-ring (bicyclic) bond motifs is 2. The Labute approximate surface area is 257 Å². The maximum Gasteiger partial charge on any atom is 0.355 e. The lowest BCUT2D eigenvalue weighted by atomic mass is 10.0. The summed E-state index contributed by atoms with van der Waals surface area (Å²) in [7, 11) is 0. The van der Waals surface area contributed by atoms with E-state index in [1.165, 1.54) is 40.6 Å². The summed E-state index contributed by atoms with van der Waals surface area (Å²) in [5.41, 5.74) is 1.52. The van der Waals surface area contributed by atoms with E-state index in [-0.39, 0.29) is 51.6 Å². The first-order valence-corrected chi connectivity index (χ1v) is 15.3. The molecule has 2 aliphatic rings. The first-order chi connectivity index (χ1) is 20.5. The van der Waals surface area contributed by atoms with E-state index in [1.807, 2.05) is 33.8 Å². The summed E-state index contributed by atoms with van der Waals surface area (Å²) in [5, 5.41) is 11.4. The Morgan fingerprint density at radius 3 is 2.72 bits per heavy atom. The predicted octanol–water partition coefficient (Wildman–Crippen LogP) is 5.47. The number of pyridine rings is 2. The van der Waals surface area contributed by atoms with Crippen LogP contribution in [0, 0.1) is 12.7 Å². The number of hydrogen-bond donors (Lipinski definition) is 1. The molecule has 0 radical (unpaired) electrons. The van der Waals surface area contributed by atoms with Crippen LogP contribution >= 0.6 is 23.4 Å². The van der Waals surface area contributed by atoms with Crippen molar-refractivity contribution in [2.45, 2.75) is 50.6 Å². The van der Waals surface area contributed by atoms with Gasteiger partial charge in [0.25, 0.3) is 0 Å². The van der Waals surface area contributed by atoms with Crippen molar-refractivity contribution in [2.75, 3.05) is 23.7 Å². The van der Waals surface area contributed by atoms with Gasteiger partial charge in [-0.1, -0.05) is 38.1 Å². The van der Waals surface area contributed by atoms with Crippen LogP contribution in [0.1, 0.15) is 37.9 Å². The van der Waals surface area contributed by atoms with Gasteiger partial charge in [-0.2, -0.15) is 4.98 Å². The van der Waals surface area contributed by atoms with Crippen LogP contribution in [0.2, 0.25) is 5.02 Å². The van der Waals surface area contributed by atoms with E-state index < -0.39 is 11.5 Å². The highest BCUT2D eigenvalue weighted by molar-refractivity contribution is 7.99. The number of aromatic nitrogens is 4. The molecule has 1 fully saturated rings. The third-order valence-corrected chi connectivity index (χ3v) is 9.72. The lowest BCUT2D eigenvalue weighted by molar-refractivity contribution is -0.127. The molecule has 6 rings (SSSR count). The van der Waals surface area contributed by atoms with Gasteiger partial charge in [-0.15, -0.1) is 11.8 Å². The second-order valence-electron chi connectivity index (χ2n) is 11.2. The normalized spacial score (nSPS) is 18.1. The number of rotatable bonds is 4. The number of thioether (sulfide) groups is 1.